The van der Waals surface area contributed by atoms with E-state index in [1.807, 2.05) is 26.0 Å². The van der Waals surface area contributed by atoms with Crippen LogP contribution in [0, 0.1) is 11.8 Å². The number of carbonyl (C=O) groups is 1. The lowest BCUT2D eigenvalue weighted by Gasteiger charge is -2.46. The zero-order valence-electron chi connectivity index (χ0n) is 9.77. The third kappa shape index (κ3) is 2.16. The molecule has 0 aliphatic carbocycles. The Kier molecular flexibility index (Phi) is 3.61. The molecule has 3 nitrogen and oxygen atoms in total. The van der Waals surface area contributed by atoms with Gasteiger partial charge in [-0.05, 0) is 34.0 Å². The molecular weight excluding hydrogens is 304 g/mol. The molecule has 1 aliphatic rings. The minimum atomic E-state index is -0.729. The highest BCUT2D eigenvalue weighted by atomic mass is 79.9. The van der Waals surface area contributed by atoms with Crippen LogP contribution < -0.4 is 0 Å². The molecule has 1 aliphatic heterocycles. The number of halogens is 1. The average Bonchev–Trinajstić information content (AvgIpc) is 2.56. The SMILES string of the molecule is CC(C)C(C(=O)O)C1(c2ccc(Br)s2)COC1. The van der Waals surface area contributed by atoms with E-state index in [9.17, 15) is 9.90 Å². The van der Waals surface area contributed by atoms with E-state index in [0.29, 0.717) is 13.2 Å². The van der Waals surface area contributed by atoms with Gasteiger partial charge in [0.2, 0.25) is 0 Å². The number of carboxylic acids is 1. The van der Waals surface area contributed by atoms with Crippen LogP contribution in [0.2, 0.25) is 0 Å². The molecule has 0 amide bonds. The van der Waals surface area contributed by atoms with Gasteiger partial charge in [0.1, 0.15) is 0 Å². The maximum absolute atomic E-state index is 11.5. The van der Waals surface area contributed by atoms with E-state index in [1.165, 1.54) is 0 Å². The Hall–Kier alpha value is -0.390. The molecule has 0 radical (unpaired) electrons. The number of rotatable bonds is 4. The van der Waals surface area contributed by atoms with Gasteiger partial charge in [0, 0.05) is 4.88 Å². The molecule has 1 N–H and O–H groups in total. The molecule has 2 rings (SSSR count). The minimum Gasteiger partial charge on any atom is -0.481 e. The summed E-state index contributed by atoms with van der Waals surface area (Å²) in [5, 5.41) is 9.45. The monoisotopic (exact) mass is 318 g/mol. The normalized spacial score (nSPS) is 20.0. The standard InChI is InChI=1S/C12H15BrO3S/c1-7(2)10(11(14)15)12(5-16-6-12)8-3-4-9(13)17-8/h3-4,7,10H,5-6H2,1-2H3,(H,14,15). The van der Waals surface area contributed by atoms with Crippen molar-refractivity contribution in [2.75, 3.05) is 13.2 Å². The summed E-state index contributed by atoms with van der Waals surface area (Å²) in [6.45, 7) is 4.94. The average molecular weight is 319 g/mol. The summed E-state index contributed by atoms with van der Waals surface area (Å²) in [6.07, 6.45) is 0. The van der Waals surface area contributed by atoms with Gasteiger partial charge in [0.05, 0.1) is 28.3 Å². The third-order valence-electron chi connectivity index (χ3n) is 3.31. The minimum absolute atomic E-state index is 0.0947. The lowest BCUT2D eigenvalue weighted by molar-refractivity contribution is -0.160. The topological polar surface area (TPSA) is 46.5 Å². The number of hydrogen-bond donors (Lipinski definition) is 1. The number of thiophene rings is 1. The fraction of sp³-hybridized carbons (Fsp3) is 0.583. The molecule has 0 saturated carbocycles. The second-order valence-electron chi connectivity index (χ2n) is 4.81. The van der Waals surface area contributed by atoms with Crippen LogP contribution in [-0.4, -0.2) is 24.3 Å². The molecule has 17 heavy (non-hydrogen) atoms. The van der Waals surface area contributed by atoms with E-state index >= 15 is 0 Å². The first kappa shape index (κ1) is 13.1. The van der Waals surface area contributed by atoms with Gasteiger partial charge in [0.25, 0.3) is 0 Å². The molecule has 0 spiro atoms. The lowest BCUT2D eigenvalue weighted by Crippen LogP contribution is -2.56. The van der Waals surface area contributed by atoms with E-state index in [4.69, 9.17) is 4.74 Å². The van der Waals surface area contributed by atoms with Crippen molar-refractivity contribution in [3.8, 4) is 0 Å². The first-order valence-corrected chi connectivity index (χ1v) is 7.14. The van der Waals surface area contributed by atoms with Gasteiger partial charge in [-0.1, -0.05) is 13.8 Å². The Morgan fingerprint density at radius 1 is 1.53 bits per heavy atom. The summed E-state index contributed by atoms with van der Waals surface area (Å²) >= 11 is 5.04. The maximum atomic E-state index is 11.5. The van der Waals surface area contributed by atoms with Gasteiger partial charge in [-0.25, -0.2) is 0 Å². The molecule has 1 aromatic rings. The van der Waals surface area contributed by atoms with Crippen LogP contribution >= 0.6 is 27.3 Å². The summed E-state index contributed by atoms with van der Waals surface area (Å²) in [5.74, 6) is -1.02. The Morgan fingerprint density at radius 3 is 2.47 bits per heavy atom. The molecule has 1 saturated heterocycles. The molecule has 1 atom stereocenters. The lowest BCUT2D eigenvalue weighted by atomic mass is 9.68. The quantitative estimate of drug-likeness (QED) is 0.927. The summed E-state index contributed by atoms with van der Waals surface area (Å²) in [4.78, 5) is 12.6. The zero-order chi connectivity index (χ0) is 12.6. The molecule has 1 unspecified atom stereocenters. The summed E-state index contributed by atoms with van der Waals surface area (Å²) < 4.78 is 6.35. The fourth-order valence-corrected chi connectivity index (χ4v) is 4.12. The Morgan fingerprint density at radius 2 is 2.18 bits per heavy atom. The van der Waals surface area contributed by atoms with Crippen molar-refractivity contribution in [3.63, 3.8) is 0 Å². The van der Waals surface area contributed by atoms with Crippen LogP contribution in [0.1, 0.15) is 18.7 Å². The van der Waals surface area contributed by atoms with E-state index in [0.717, 1.165) is 8.66 Å². The Labute approximate surface area is 113 Å². The number of ether oxygens (including phenoxy) is 1. The first-order chi connectivity index (χ1) is 7.97. The van der Waals surface area contributed by atoms with E-state index < -0.39 is 5.97 Å². The zero-order valence-corrected chi connectivity index (χ0v) is 12.2. The predicted molar refractivity (Wildman–Crippen MR) is 70.5 cm³/mol. The smallest absolute Gasteiger partial charge is 0.307 e. The number of carboxylic acid groups (broad SMARTS) is 1. The maximum Gasteiger partial charge on any atom is 0.307 e. The second kappa shape index (κ2) is 4.71. The van der Waals surface area contributed by atoms with Crippen molar-refractivity contribution in [1.29, 1.82) is 0 Å². The predicted octanol–water partition coefficient (Wildman–Crippen LogP) is 3.14. The van der Waals surface area contributed by atoms with Gasteiger partial charge in [0.15, 0.2) is 0 Å². The molecule has 1 fully saturated rings. The number of aliphatic carboxylic acids is 1. The molecule has 0 bridgehead atoms. The van der Waals surface area contributed by atoms with Crippen LogP contribution in [0.15, 0.2) is 15.9 Å². The highest BCUT2D eigenvalue weighted by molar-refractivity contribution is 9.11. The largest absolute Gasteiger partial charge is 0.481 e. The van der Waals surface area contributed by atoms with Crippen molar-refractivity contribution in [2.45, 2.75) is 19.3 Å². The van der Waals surface area contributed by atoms with Crippen molar-refractivity contribution in [1.82, 2.24) is 0 Å². The molecule has 0 aromatic carbocycles. The second-order valence-corrected chi connectivity index (χ2v) is 7.28. The number of hydrogen-bond acceptors (Lipinski definition) is 3. The molecule has 94 valence electrons. The van der Waals surface area contributed by atoms with Crippen LogP contribution in [0.25, 0.3) is 0 Å². The first-order valence-electron chi connectivity index (χ1n) is 5.54. The van der Waals surface area contributed by atoms with Crippen LogP contribution in [0.5, 0.6) is 0 Å². The Balaban J connectivity index is 2.39. The molecule has 2 heterocycles. The van der Waals surface area contributed by atoms with Gasteiger partial charge >= 0.3 is 5.97 Å². The fourth-order valence-electron chi connectivity index (χ4n) is 2.54. The van der Waals surface area contributed by atoms with Crippen LogP contribution in [0.3, 0.4) is 0 Å². The van der Waals surface area contributed by atoms with Crippen LogP contribution in [0.4, 0.5) is 0 Å². The van der Waals surface area contributed by atoms with E-state index in [2.05, 4.69) is 15.9 Å². The molecule has 5 heteroatoms. The molecular formula is C12H15BrO3S. The highest BCUT2D eigenvalue weighted by Gasteiger charge is 2.52. The Bertz CT molecular complexity index is 423. The van der Waals surface area contributed by atoms with Gasteiger partial charge in [-0.3, -0.25) is 4.79 Å². The highest BCUT2D eigenvalue weighted by Crippen LogP contribution is 2.46. The van der Waals surface area contributed by atoms with Gasteiger partial charge in [-0.2, -0.15) is 0 Å². The van der Waals surface area contributed by atoms with Crippen LogP contribution in [-0.2, 0) is 14.9 Å². The summed E-state index contributed by atoms with van der Waals surface area (Å²) in [6, 6.07) is 3.98. The molecule has 1 aromatic heterocycles. The van der Waals surface area contributed by atoms with E-state index in [1.54, 1.807) is 11.3 Å². The van der Waals surface area contributed by atoms with Crippen molar-refractivity contribution in [3.05, 3.63) is 20.8 Å². The van der Waals surface area contributed by atoms with Gasteiger partial charge in [-0.15, -0.1) is 11.3 Å². The summed E-state index contributed by atoms with van der Waals surface area (Å²) in [5.41, 5.74) is -0.337. The summed E-state index contributed by atoms with van der Waals surface area (Å²) in [7, 11) is 0. The third-order valence-corrected chi connectivity index (χ3v) is 5.15. The van der Waals surface area contributed by atoms with Crippen molar-refractivity contribution < 1.29 is 14.6 Å². The van der Waals surface area contributed by atoms with Crippen molar-refractivity contribution >= 4 is 33.2 Å². The van der Waals surface area contributed by atoms with E-state index in [-0.39, 0.29) is 17.3 Å². The van der Waals surface area contributed by atoms with Gasteiger partial charge < -0.3 is 9.84 Å². The van der Waals surface area contributed by atoms with Crippen molar-refractivity contribution in [2.24, 2.45) is 11.8 Å².